The number of esters is 1. The van der Waals surface area contributed by atoms with Crippen molar-refractivity contribution < 1.29 is 9.53 Å². The van der Waals surface area contributed by atoms with Crippen LogP contribution in [0.2, 0.25) is 0 Å². The summed E-state index contributed by atoms with van der Waals surface area (Å²) in [6, 6.07) is 0. The minimum atomic E-state index is -0.523. The largest absolute Gasteiger partial charge is 0.459 e. The zero-order valence-electron chi connectivity index (χ0n) is 14.8. The molecule has 0 aromatic carbocycles. The van der Waals surface area contributed by atoms with Gasteiger partial charge in [-0.05, 0) is 45.6 Å². The van der Waals surface area contributed by atoms with Crippen molar-refractivity contribution in [3.8, 4) is 0 Å². The van der Waals surface area contributed by atoms with Crippen LogP contribution in [0.4, 0.5) is 0 Å². The lowest BCUT2D eigenvalue weighted by atomic mass is 10.2. The van der Waals surface area contributed by atoms with Crippen molar-refractivity contribution in [2.45, 2.75) is 57.3 Å². The smallest absolute Gasteiger partial charge is 0.316 e. The summed E-state index contributed by atoms with van der Waals surface area (Å²) in [6.45, 7) is 9.62. The summed E-state index contributed by atoms with van der Waals surface area (Å²) in [4.78, 5) is 31.7. The summed E-state index contributed by atoms with van der Waals surface area (Å²) in [6.07, 6.45) is 4.76. The molecule has 0 amide bonds. The summed E-state index contributed by atoms with van der Waals surface area (Å²) < 4.78 is 6.94. The summed E-state index contributed by atoms with van der Waals surface area (Å²) in [5.41, 5.74) is 0.611. The van der Waals surface area contributed by atoms with Gasteiger partial charge in [0.25, 0.3) is 5.56 Å². The molecule has 0 aliphatic heterocycles. The summed E-state index contributed by atoms with van der Waals surface area (Å²) in [7, 11) is 0. The Hall–Kier alpha value is -1.60. The first-order valence-corrected chi connectivity index (χ1v) is 10.1. The van der Waals surface area contributed by atoms with E-state index in [4.69, 9.17) is 4.74 Å². The van der Waals surface area contributed by atoms with Crippen LogP contribution in [0.1, 0.15) is 37.6 Å². The highest BCUT2D eigenvalue weighted by molar-refractivity contribution is 7.99. The number of ether oxygens (including phenoxy) is 1. The second kappa shape index (κ2) is 6.96. The molecule has 1 aliphatic carbocycles. The van der Waals surface area contributed by atoms with Gasteiger partial charge in [0, 0.05) is 11.4 Å². The van der Waals surface area contributed by atoms with Crippen molar-refractivity contribution in [1.29, 1.82) is 0 Å². The fraction of sp³-hybridized carbons (Fsp3) is 0.500. The van der Waals surface area contributed by atoms with Crippen LogP contribution < -0.4 is 5.56 Å². The first-order chi connectivity index (χ1) is 11.8. The van der Waals surface area contributed by atoms with Crippen LogP contribution in [0.25, 0.3) is 10.2 Å². The van der Waals surface area contributed by atoms with Gasteiger partial charge in [0.1, 0.15) is 10.4 Å². The number of carbonyl (C=O) groups is 1. The summed E-state index contributed by atoms with van der Waals surface area (Å²) >= 11 is 2.85. The van der Waals surface area contributed by atoms with E-state index in [0.717, 1.165) is 29.5 Å². The van der Waals surface area contributed by atoms with Gasteiger partial charge in [0.15, 0.2) is 5.16 Å². The molecule has 0 spiro atoms. The Kier molecular flexibility index (Phi) is 5.06. The first kappa shape index (κ1) is 18.2. The molecule has 0 radical (unpaired) electrons. The Morgan fingerprint density at radius 3 is 2.88 bits per heavy atom. The molecule has 25 heavy (non-hydrogen) atoms. The van der Waals surface area contributed by atoms with Crippen LogP contribution in [-0.4, -0.2) is 26.9 Å². The normalized spacial score (nSPS) is 13.9. The lowest BCUT2D eigenvalue weighted by molar-refractivity contribution is -0.151. The molecule has 134 valence electrons. The van der Waals surface area contributed by atoms with Crippen LogP contribution >= 0.6 is 23.1 Å². The van der Waals surface area contributed by atoms with Gasteiger partial charge in [-0.1, -0.05) is 17.8 Å². The van der Waals surface area contributed by atoms with E-state index in [1.54, 1.807) is 22.0 Å². The van der Waals surface area contributed by atoms with E-state index >= 15 is 0 Å². The minimum absolute atomic E-state index is 0.0315. The molecule has 0 atom stereocenters. The van der Waals surface area contributed by atoms with E-state index in [0.29, 0.717) is 11.7 Å². The molecule has 3 rings (SSSR count). The van der Waals surface area contributed by atoms with Gasteiger partial charge < -0.3 is 4.74 Å². The highest BCUT2D eigenvalue weighted by Crippen LogP contribution is 2.35. The fourth-order valence-electron chi connectivity index (χ4n) is 2.95. The van der Waals surface area contributed by atoms with Crippen molar-refractivity contribution in [2.24, 2.45) is 0 Å². The van der Waals surface area contributed by atoms with E-state index in [-0.39, 0.29) is 17.3 Å². The Morgan fingerprint density at radius 1 is 1.44 bits per heavy atom. The number of aromatic nitrogens is 2. The van der Waals surface area contributed by atoms with Crippen LogP contribution in [0.15, 0.2) is 22.6 Å². The third kappa shape index (κ3) is 3.82. The Bertz CT molecular complexity index is 890. The fourth-order valence-corrected chi connectivity index (χ4v) is 5.04. The van der Waals surface area contributed by atoms with Gasteiger partial charge in [-0.15, -0.1) is 17.9 Å². The summed E-state index contributed by atoms with van der Waals surface area (Å²) in [5, 5.41) is 1.30. The van der Waals surface area contributed by atoms with Crippen molar-refractivity contribution in [3.63, 3.8) is 0 Å². The number of aryl methyl sites for hydroxylation is 2. The number of nitrogens with zero attached hydrogens (tertiary/aromatic N) is 2. The van der Waals surface area contributed by atoms with Gasteiger partial charge in [0.2, 0.25) is 0 Å². The molecule has 0 N–H and O–H groups in total. The lowest BCUT2D eigenvalue weighted by Gasteiger charge is -2.19. The topological polar surface area (TPSA) is 61.2 Å². The number of hydrogen-bond acceptors (Lipinski definition) is 6. The molecule has 2 aromatic heterocycles. The van der Waals surface area contributed by atoms with Crippen LogP contribution in [0.3, 0.4) is 0 Å². The van der Waals surface area contributed by atoms with Gasteiger partial charge in [-0.2, -0.15) is 0 Å². The van der Waals surface area contributed by atoms with Crippen molar-refractivity contribution in [2.75, 3.05) is 5.75 Å². The van der Waals surface area contributed by atoms with E-state index in [9.17, 15) is 9.59 Å². The molecule has 0 unspecified atom stereocenters. The van der Waals surface area contributed by atoms with Gasteiger partial charge >= 0.3 is 5.97 Å². The Balaban J connectivity index is 1.94. The van der Waals surface area contributed by atoms with Gasteiger partial charge in [-0.25, -0.2) is 4.98 Å². The number of thiophene rings is 1. The zero-order valence-corrected chi connectivity index (χ0v) is 16.4. The monoisotopic (exact) mass is 378 g/mol. The van der Waals surface area contributed by atoms with Gasteiger partial charge in [0.05, 0.1) is 11.1 Å². The van der Waals surface area contributed by atoms with E-state index < -0.39 is 5.60 Å². The molecule has 1 aliphatic rings. The van der Waals surface area contributed by atoms with Gasteiger partial charge in [-0.3, -0.25) is 14.2 Å². The van der Waals surface area contributed by atoms with Crippen molar-refractivity contribution in [3.05, 3.63) is 33.4 Å². The highest BCUT2D eigenvalue weighted by Gasteiger charge is 2.24. The number of carbonyl (C=O) groups excluding carboxylic acids is 1. The molecule has 2 heterocycles. The number of thioether (sulfide) groups is 1. The quantitative estimate of drug-likeness (QED) is 0.344. The predicted molar refractivity (Wildman–Crippen MR) is 103 cm³/mol. The van der Waals surface area contributed by atoms with E-state index in [1.165, 1.54) is 22.2 Å². The molecule has 5 nitrogen and oxygen atoms in total. The standard InChI is InChI=1S/C18H22N2O3S2/c1-5-9-20-16(22)14-11-7-6-8-12(11)25-15(14)19-17(20)24-10-13(21)23-18(2,3)4/h5H,1,6-10H2,2-4H3. The SMILES string of the molecule is C=CCn1c(SCC(=O)OC(C)(C)C)nc2sc3c(c2c1=O)CCC3. The third-order valence-corrected chi connectivity index (χ3v) is 5.98. The molecular formula is C18H22N2O3S2. The zero-order chi connectivity index (χ0) is 18.2. The minimum Gasteiger partial charge on any atom is -0.459 e. The first-order valence-electron chi connectivity index (χ1n) is 8.31. The molecule has 7 heteroatoms. The maximum absolute atomic E-state index is 13.0. The molecule has 0 saturated heterocycles. The predicted octanol–water partition coefficient (Wildman–Crippen LogP) is 3.57. The Labute approximate surface area is 155 Å². The molecule has 2 aromatic rings. The number of fused-ring (bicyclic) bond motifs is 3. The maximum Gasteiger partial charge on any atom is 0.316 e. The number of rotatable bonds is 5. The lowest BCUT2D eigenvalue weighted by Crippen LogP contribution is -2.26. The Morgan fingerprint density at radius 2 is 2.20 bits per heavy atom. The second-order valence-electron chi connectivity index (χ2n) is 7.01. The third-order valence-electron chi connectivity index (χ3n) is 3.84. The van der Waals surface area contributed by atoms with Crippen molar-refractivity contribution >= 4 is 39.3 Å². The molecule has 0 bridgehead atoms. The van der Waals surface area contributed by atoms with Crippen LogP contribution in [-0.2, 0) is 28.9 Å². The summed E-state index contributed by atoms with van der Waals surface area (Å²) in [5.74, 6) is -0.192. The molecule has 0 fully saturated rings. The van der Waals surface area contributed by atoms with E-state index in [2.05, 4.69) is 11.6 Å². The van der Waals surface area contributed by atoms with Crippen LogP contribution in [0.5, 0.6) is 0 Å². The average Bonchev–Trinajstić information content (AvgIpc) is 3.07. The maximum atomic E-state index is 13.0. The average molecular weight is 379 g/mol. The molecular weight excluding hydrogens is 356 g/mol. The van der Waals surface area contributed by atoms with Crippen molar-refractivity contribution in [1.82, 2.24) is 9.55 Å². The van der Waals surface area contributed by atoms with E-state index in [1.807, 2.05) is 20.8 Å². The number of hydrogen-bond donors (Lipinski definition) is 0. The highest BCUT2D eigenvalue weighted by atomic mass is 32.2. The molecule has 0 saturated carbocycles. The number of allylic oxidation sites excluding steroid dienone is 1. The second-order valence-corrected chi connectivity index (χ2v) is 9.04. The van der Waals surface area contributed by atoms with Crippen LogP contribution in [0, 0.1) is 0 Å².